The molecular weight excluding hydrogens is 354 g/mol. The molecule has 0 aliphatic heterocycles. The van der Waals surface area contributed by atoms with E-state index in [-0.39, 0.29) is 22.7 Å². The number of aromatic nitrogens is 5. The van der Waals surface area contributed by atoms with Crippen LogP contribution in [0.4, 0.5) is 14.6 Å². The maximum atomic E-state index is 13.5. The van der Waals surface area contributed by atoms with Gasteiger partial charge in [0, 0.05) is 18.0 Å². The Morgan fingerprint density at radius 2 is 1.93 bits per heavy atom. The van der Waals surface area contributed by atoms with Crippen molar-refractivity contribution in [2.75, 3.05) is 5.32 Å². The summed E-state index contributed by atoms with van der Waals surface area (Å²) in [7, 11) is 0. The molecule has 9 heteroatoms. The van der Waals surface area contributed by atoms with Gasteiger partial charge < -0.3 is 5.32 Å². The summed E-state index contributed by atoms with van der Waals surface area (Å²) >= 11 is 0. The molecular formula is C18H12F2N6O. The predicted molar refractivity (Wildman–Crippen MR) is 93.4 cm³/mol. The minimum atomic E-state index is -2.78. The van der Waals surface area contributed by atoms with E-state index in [0.29, 0.717) is 11.3 Å². The maximum absolute atomic E-state index is 13.5. The first-order valence-corrected chi connectivity index (χ1v) is 7.93. The van der Waals surface area contributed by atoms with Crippen LogP contribution in [-0.4, -0.2) is 30.5 Å². The number of benzene rings is 1. The van der Waals surface area contributed by atoms with Crippen LogP contribution in [0.15, 0.2) is 61.2 Å². The van der Waals surface area contributed by atoms with Crippen molar-refractivity contribution in [2.45, 2.75) is 6.43 Å². The number of amides is 1. The van der Waals surface area contributed by atoms with E-state index in [4.69, 9.17) is 0 Å². The molecule has 0 aliphatic rings. The van der Waals surface area contributed by atoms with E-state index in [9.17, 15) is 13.6 Å². The Balaban J connectivity index is 1.83. The van der Waals surface area contributed by atoms with Crippen molar-refractivity contribution in [3.05, 3.63) is 72.4 Å². The Hall–Kier alpha value is -3.75. The summed E-state index contributed by atoms with van der Waals surface area (Å²) in [5.74, 6) is -0.335. The minimum absolute atomic E-state index is 0.0352. The number of hydrogen-bond donors (Lipinski definition) is 1. The lowest BCUT2D eigenvalue weighted by atomic mass is 10.1. The number of alkyl halides is 2. The average molecular weight is 366 g/mol. The molecule has 0 spiro atoms. The number of fused-ring (bicyclic) bond motifs is 1. The van der Waals surface area contributed by atoms with Crippen molar-refractivity contribution < 1.29 is 13.6 Å². The van der Waals surface area contributed by atoms with E-state index < -0.39 is 12.3 Å². The summed E-state index contributed by atoms with van der Waals surface area (Å²) in [6.45, 7) is 0. The topological polar surface area (TPSA) is 85.1 Å². The standard InChI is InChI=1S/C18H12F2N6O/c19-16(20)14-8-13(11-4-2-1-3-5-11)24-17-12(9-23-26(14)17)18(27)25-15-10-21-6-7-22-15/h1-10,16H,(H,22,25,27). The highest BCUT2D eigenvalue weighted by molar-refractivity contribution is 6.07. The zero-order valence-corrected chi connectivity index (χ0v) is 13.8. The molecule has 134 valence electrons. The Morgan fingerprint density at radius 3 is 2.63 bits per heavy atom. The van der Waals surface area contributed by atoms with Gasteiger partial charge in [-0.05, 0) is 6.07 Å². The number of anilines is 1. The molecule has 0 fully saturated rings. The van der Waals surface area contributed by atoms with Crippen molar-refractivity contribution in [2.24, 2.45) is 0 Å². The largest absolute Gasteiger partial charge is 0.305 e. The molecule has 1 N–H and O–H groups in total. The van der Waals surface area contributed by atoms with E-state index in [0.717, 1.165) is 4.52 Å². The summed E-state index contributed by atoms with van der Waals surface area (Å²) in [6, 6.07) is 10.1. The van der Waals surface area contributed by atoms with Crippen molar-refractivity contribution >= 4 is 17.4 Å². The summed E-state index contributed by atoms with van der Waals surface area (Å²) in [6.07, 6.45) is 2.68. The van der Waals surface area contributed by atoms with Crippen LogP contribution in [0.2, 0.25) is 0 Å². The molecule has 0 saturated carbocycles. The number of nitrogens with zero attached hydrogens (tertiary/aromatic N) is 5. The Bertz CT molecular complexity index is 1100. The number of nitrogens with one attached hydrogen (secondary N) is 1. The summed E-state index contributed by atoms with van der Waals surface area (Å²) in [5.41, 5.74) is 0.724. The molecule has 4 rings (SSSR count). The molecule has 0 unspecified atom stereocenters. The van der Waals surface area contributed by atoms with Gasteiger partial charge in [-0.25, -0.2) is 23.3 Å². The van der Waals surface area contributed by atoms with E-state index in [1.54, 1.807) is 24.3 Å². The number of rotatable bonds is 4. The monoisotopic (exact) mass is 366 g/mol. The van der Waals surface area contributed by atoms with Crippen molar-refractivity contribution in [3.63, 3.8) is 0 Å². The van der Waals surface area contributed by atoms with Gasteiger partial charge in [-0.2, -0.15) is 5.10 Å². The zero-order chi connectivity index (χ0) is 18.8. The maximum Gasteiger partial charge on any atom is 0.280 e. The summed E-state index contributed by atoms with van der Waals surface area (Å²) in [5, 5.41) is 6.47. The smallest absolute Gasteiger partial charge is 0.280 e. The Morgan fingerprint density at radius 1 is 1.11 bits per heavy atom. The third-order valence-electron chi connectivity index (χ3n) is 3.84. The molecule has 7 nitrogen and oxygen atoms in total. The van der Waals surface area contributed by atoms with Gasteiger partial charge in [0.1, 0.15) is 11.3 Å². The molecule has 4 aromatic rings. The van der Waals surface area contributed by atoms with E-state index in [2.05, 4.69) is 25.4 Å². The highest BCUT2D eigenvalue weighted by atomic mass is 19.3. The molecule has 0 bridgehead atoms. The normalized spacial score (nSPS) is 11.1. The fraction of sp³-hybridized carbons (Fsp3) is 0.0556. The third-order valence-corrected chi connectivity index (χ3v) is 3.84. The van der Waals surface area contributed by atoms with Crippen molar-refractivity contribution in [1.29, 1.82) is 0 Å². The second-order valence-corrected chi connectivity index (χ2v) is 5.57. The first-order chi connectivity index (χ1) is 13.1. The summed E-state index contributed by atoms with van der Waals surface area (Å²) < 4.78 is 28.1. The fourth-order valence-electron chi connectivity index (χ4n) is 2.61. The average Bonchev–Trinajstić information content (AvgIpc) is 3.12. The van der Waals surface area contributed by atoms with Gasteiger partial charge >= 0.3 is 0 Å². The van der Waals surface area contributed by atoms with Crippen LogP contribution in [0.5, 0.6) is 0 Å². The molecule has 0 aliphatic carbocycles. The molecule has 0 radical (unpaired) electrons. The second kappa shape index (κ2) is 6.87. The lowest BCUT2D eigenvalue weighted by Gasteiger charge is -2.08. The Labute approximate surface area is 151 Å². The lowest BCUT2D eigenvalue weighted by Crippen LogP contribution is -2.13. The molecule has 1 amide bonds. The first kappa shape index (κ1) is 16.7. The predicted octanol–water partition coefficient (Wildman–Crippen LogP) is 3.38. The molecule has 27 heavy (non-hydrogen) atoms. The van der Waals surface area contributed by atoms with E-state index in [1.807, 2.05) is 6.07 Å². The van der Waals surface area contributed by atoms with Crippen LogP contribution >= 0.6 is 0 Å². The molecule has 3 heterocycles. The zero-order valence-electron chi connectivity index (χ0n) is 13.8. The quantitative estimate of drug-likeness (QED) is 0.598. The minimum Gasteiger partial charge on any atom is -0.305 e. The number of carbonyl (C=O) groups excluding carboxylic acids is 1. The van der Waals surface area contributed by atoms with Gasteiger partial charge in [0.05, 0.1) is 18.1 Å². The van der Waals surface area contributed by atoms with Crippen LogP contribution < -0.4 is 5.32 Å². The SMILES string of the molecule is O=C(Nc1cnccn1)c1cnn2c(C(F)F)cc(-c3ccccc3)nc12. The molecule has 3 aromatic heterocycles. The van der Waals surface area contributed by atoms with E-state index >= 15 is 0 Å². The Kier molecular flexibility index (Phi) is 4.25. The fourth-order valence-corrected chi connectivity index (χ4v) is 2.61. The van der Waals surface area contributed by atoms with Gasteiger partial charge in [-0.3, -0.25) is 9.78 Å². The lowest BCUT2D eigenvalue weighted by molar-refractivity contribution is 0.102. The van der Waals surface area contributed by atoms with Crippen molar-refractivity contribution in [1.82, 2.24) is 24.6 Å². The van der Waals surface area contributed by atoms with Crippen LogP contribution in [0, 0.1) is 0 Å². The summed E-state index contributed by atoms with van der Waals surface area (Å²) in [4.78, 5) is 24.8. The van der Waals surface area contributed by atoms with Crippen LogP contribution in [0.25, 0.3) is 16.9 Å². The third kappa shape index (κ3) is 3.22. The second-order valence-electron chi connectivity index (χ2n) is 5.57. The highest BCUT2D eigenvalue weighted by Crippen LogP contribution is 2.26. The van der Waals surface area contributed by atoms with E-state index in [1.165, 1.54) is 30.9 Å². The van der Waals surface area contributed by atoms with Crippen LogP contribution in [0.1, 0.15) is 22.5 Å². The van der Waals surface area contributed by atoms with Crippen LogP contribution in [0.3, 0.4) is 0 Å². The molecule has 1 aromatic carbocycles. The van der Waals surface area contributed by atoms with Gasteiger partial charge in [0.25, 0.3) is 12.3 Å². The highest BCUT2D eigenvalue weighted by Gasteiger charge is 2.21. The number of carbonyl (C=O) groups is 1. The molecule has 0 saturated heterocycles. The van der Waals surface area contributed by atoms with Gasteiger partial charge in [0.15, 0.2) is 11.5 Å². The first-order valence-electron chi connectivity index (χ1n) is 7.93. The van der Waals surface area contributed by atoms with Crippen LogP contribution in [-0.2, 0) is 0 Å². The van der Waals surface area contributed by atoms with Gasteiger partial charge in [0.2, 0.25) is 0 Å². The number of halogens is 2. The van der Waals surface area contributed by atoms with Crippen molar-refractivity contribution in [3.8, 4) is 11.3 Å². The number of hydrogen-bond acceptors (Lipinski definition) is 5. The van der Waals surface area contributed by atoms with Gasteiger partial charge in [-0.1, -0.05) is 30.3 Å². The van der Waals surface area contributed by atoms with Gasteiger partial charge in [-0.15, -0.1) is 0 Å². The molecule has 0 atom stereocenters.